The van der Waals surface area contributed by atoms with Gasteiger partial charge in [-0.1, -0.05) is 0 Å². The van der Waals surface area contributed by atoms with Crippen LogP contribution in [0.4, 0.5) is 28.8 Å². The third-order valence-electron chi connectivity index (χ3n) is 0. The van der Waals surface area contributed by atoms with Crippen LogP contribution < -0.4 is 68.8 Å². The maximum atomic E-state index is 9.00. The second kappa shape index (κ2) is 36.9. The van der Waals surface area contributed by atoms with Crippen molar-refractivity contribution in [1.29, 1.82) is 0 Å². The molecule has 0 fully saturated rings. The van der Waals surface area contributed by atoms with E-state index in [1.807, 2.05) is 0 Å². The zero-order valence-electron chi connectivity index (χ0n) is 13.0. The van der Waals surface area contributed by atoms with Crippen LogP contribution in [0.1, 0.15) is 0 Å². The summed E-state index contributed by atoms with van der Waals surface area (Å²) in [4.78, 5) is 54.0. The summed E-state index contributed by atoms with van der Waals surface area (Å²) >= 11 is 0. The van der Waals surface area contributed by atoms with E-state index in [4.69, 9.17) is 28.8 Å². The maximum absolute atomic E-state index is 9.00. The van der Waals surface area contributed by atoms with E-state index in [0.29, 0.717) is 0 Å². The molecular weight excluding hydrogens is 363 g/mol. The van der Waals surface area contributed by atoms with Crippen LogP contribution in [0.2, 0.25) is 0 Å². The molecule has 0 aromatic heterocycles. The first kappa shape index (κ1) is 42.9. The first-order valence-electron chi connectivity index (χ1n) is 4.69. The molecule has 0 rings (SSSR count). The Balaban J connectivity index is -0.0000000309. The van der Waals surface area contributed by atoms with Crippen molar-refractivity contribution >= 4 is 53.5 Å². The molecule has 0 aliphatic rings. The normalized spacial score (nSPS) is 5.76. The first-order valence-corrected chi connectivity index (χ1v) is 4.69. The van der Waals surface area contributed by atoms with Crippen LogP contribution in [-0.2, 0) is 0 Å². The number of carbonyl (C=O) groups is 6. The van der Waals surface area contributed by atoms with Gasteiger partial charge in [-0.25, -0.2) is 28.8 Å². The summed E-state index contributed by atoms with van der Waals surface area (Å²) in [5.41, 5.74) is 51.0. The molecule has 0 aliphatic heterocycles. The third-order valence-corrected chi connectivity index (χ3v) is 0. The van der Waals surface area contributed by atoms with Crippen LogP contribution in [0, 0.1) is 0 Å². The van der Waals surface area contributed by atoms with Crippen molar-refractivity contribution in [2.24, 2.45) is 68.8 Å². The van der Waals surface area contributed by atoms with Gasteiger partial charge in [-0.2, -0.15) is 0 Å². The molecule has 0 unspecified atom stereocenters. The van der Waals surface area contributed by atoms with E-state index in [2.05, 4.69) is 68.8 Å². The number of carbonyl (C=O) groups excluding carboxylic acids is 6. The fourth-order valence-electron chi connectivity index (χ4n) is 0. The molecule has 144 valence electrons. The molecule has 0 heterocycles. The summed E-state index contributed by atoms with van der Waals surface area (Å²) in [6.45, 7) is 0. The van der Waals surface area contributed by atoms with Crippen molar-refractivity contribution < 1.29 is 28.8 Å². The van der Waals surface area contributed by atoms with Crippen molar-refractivity contribution in [2.45, 2.75) is 0 Å². The van der Waals surface area contributed by atoms with Crippen LogP contribution in [0.5, 0.6) is 0 Å². The molecule has 19 heteroatoms. The zero-order chi connectivity index (χ0) is 21.5. The predicted molar refractivity (Wildman–Crippen MR) is 88.4 cm³/mol. The Morgan fingerprint density at radius 1 is 0.280 bits per heavy atom. The summed E-state index contributed by atoms with van der Waals surface area (Å²) in [6, 6.07) is -5.00. The van der Waals surface area contributed by atoms with E-state index in [1.54, 1.807) is 0 Å². The predicted octanol–water partition coefficient (Wildman–Crippen LogP) is -6.24. The van der Waals surface area contributed by atoms with Crippen molar-refractivity contribution in [2.75, 3.05) is 0 Å². The third kappa shape index (κ3) is 449. The second-order valence-electron chi connectivity index (χ2n) is 2.41. The average Bonchev–Trinajstić information content (AvgIpc) is 2.08. The van der Waals surface area contributed by atoms with Crippen LogP contribution >= 0.6 is 0 Å². The molecule has 0 radical (unpaired) electrons. The fraction of sp³-hybridized carbons (Fsp3) is 0. The monoisotopic (exact) mass is 387 g/mol. The van der Waals surface area contributed by atoms with E-state index in [1.165, 1.54) is 0 Å². The number of hydrogen-bond donors (Lipinski definition) is 12. The van der Waals surface area contributed by atoms with Gasteiger partial charge in [-0.3, -0.25) is 0 Å². The molecule has 25 heavy (non-hydrogen) atoms. The number of urea groups is 6. The minimum Gasteiger partial charge on any atom is -0.352 e. The Morgan fingerprint density at radius 3 is 0.280 bits per heavy atom. The van der Waals surface area contributed by atoms with Crippen LogP contribution in [0.3, 0.4) is 0 Å². The summed E-state index contributed by atoms with van der Waals surface area (Å²) < 4.78 is 0. The minimum atomic E-state index is -0.833. The quantitative estimate of drug-likeness (QED) is 0.179. The Kier molecular flexibility index (Phi) is 63.3. The Hall–Kier alpha value is -3.85. The summed E-state index contributed by atoms with van der Waals surface area (Å²) in [7, 11) is 0. The van der Waals surface area contributed by atoms with Gasteiger partial charge in [0.15, 0.2) is 0 Å². The fourth-order valence-corrected chi connectivity index (χ4v) is 0. The Morgan fingerprint density at radius 2 is 0.280 bits per heavy atom. The van der Waals surface area contributed by atoms with E-state index in [-0.39, 0.29) is 17.4 Å². The summed E-state index contributed by atoms with van der Waals surface area (Å²) in [5.74, 6) is 0. The number of primary amides is 12. The van der Waals surface area contributed by atoms with Gasteiger partial charge in [0.2, 0.25) is 0 Å². The number of amides is 12. The molecule has 0 bridgehead atoms. The molecular formula is C6H24AlN12O6+3. The number of nitrogens with two attached hydrogens (primary N) is 12. The Labute approximate surface area is 152 Å². The van der Waals surface area contributed by atoms with Crippen molar-refractivity contribution in [3.05, 3.63) is 0 Å². The van der Waals surface area contributed by atoms with Crippen LogP contribution in [0.15, 0.2) is 0 Å². The second-order valence-corrected chi connectivity index (χ2v) is 2.41. The topological polar surface area (TPSA) is 415 Å². The maximum Gasteiger partial charge on any atom is 3.00 e. The van der Waals surface area contributed by atoms with Crippen molar-refractivity contribution in [3.8, 4) is 0 Å². The van der Waals surface area contributed by atoms with Gasteiger partial charge in [0.05, 0.1) is 0 Å². The molecule has 0 atom stereocenters. The molecule has 0 spiro atoms. The van der Waals surface area contributed by atoms with Gasteiger partial charge in [0.1, 0.15) is 0 Å². The van der Waals surface area contributed by atoms with Crippen molar-refractivity contribution in [3.63, 3.8) is 0 Å². The molecule has 24 N–H and O–H groups in total. The molecule has 0 aromatic carbocycles. The largest absolute Gasteiger partial charge is 3.00 e. The van der Waals surface area contributed by atoms with Gasteiger partial charge in [0.25, 0.3) is 0 Å². The smallest absolute Gasteiger partial charge is 0.352 e. The molecule has 0 saturated heterocycles. The van der Waals surface area contributed by atoms with Crippen molar-refractivity contribution in [1.82, 2.24) is 0 Å². The summed E-state index contributed by atoms with van der Waals surface area (Å²) in [5, 5.41) is 0. The molecule has 0 aliphatic carbocycles. The standard InChI is InChI=1S/6CH4N2O.Al/c6*2-1(3)4;/h6*(H4,2,3,4);/q;;;;;;+3. The van der Waals surface area contributed by atoms with Gasteiger partial charge < -0.3 is 68.8 Å². The van der Waals surface area contributed by atoms with E-state index >= 15 is 0 Å². The summed E-state index contributed by atoms with van der Waals surface area (Å²) in [6.07, 6.45) is 0. The van der Waals surface area contributed by atoms with Crippen LogP contribution in [0.25, 0.3) is 0 Å². The first-order chi connectivity index (χ1) is 10.4. The molecule has 18 nitrogen and oxygen atoms in total. The van der Waals surface area contributed by atoms with Gasteiger partial charge in [0, 0.05) is 0 Å². The zero-order valence-corrected chi connectivity index (χ0v) is 14.1. The molecule has 0 aromatic rings. The molecule has 0 saturated carbocycles. The van der Waals surface area contributed by atoms with Crippen LogP contribution in [-0.4, -0.2) is 53.5 Å². The van der Waals surface area contributed by atoms with E-state index < -0.39 is 36.2 Å². The SMILES string of the molecule is NC(N)=O.NC(N)=O.NC(N)=O.NC(N)=O.NC(N)=O.NC(N)=O.[Al+3]. The average molecular weight is 387 g/mol. The molecule has 12 amide bonds. The minimum absolute atomic E-state index is 0. The number of rotatable bonds is 0. The van der Waals surface area contributed by atoms with E-state index in [0.717, 1.165) is 0 Å². The Bertz CT molecular complexity index is 273. The number of hydrogen-bond acceptors (Lipinski definition) is 6. The van der Waals surface area contributed by atoms with Gasteiger partial charge in [-0.15, -0.1) is 0 Å². The van der Waals surface area contributed by atoms with Gasteiger partial charge >= 0.3 is 53.5 Å². The van der Waals surface area contributed by atoms with Gasteiger partial charge in [-0.05, 0) is 0 Å². The van der Waals surface area contributed by atoms with E-state index in [9.17, 15) is 0 Å².